The Labute approximate surface area is 129 Å². The van der Waals surface area contributed by atoms with Crippen LogP contribution in [0.25, 0.3) is 0 Å². The molecular formula is C16H21N3OS. The normalized spacial score (nSPS) is 12.4. The molecule has 0 fully saturated rings. The smallest absolute Gasteiger partial charge is 0.253 e. The van der Waals surface area contributed by atoms with Gasteiger partial charge < -0.3 is 5.32 Å². The largest absolute Gasteiger partial charge is 0.343 e. The molecule has 4 nitrogen and oxygen atoms in total. The van der Waals surface area contributed by atoms with E-state index in [1.165, 1.54) is 4.88 Å². The molecule has 21 heavy (non-hydrogen) atoms. The second kappa shape index (κ2) is 6.80. The lowest BCUT2D eigenvalue weighted by Crippen LogP contribution is -2.29. The van der Waals surface area contributed by atoms with Gasteiger partial charge in [0.05, 0.1) is 17.3 Å². The molecule has 2 aromatic rings. The molecular weight excluding hydrogens is 282 g/mol. The van der Waals surface area contributed by atoms with Gasteiger partial charge in [-0.05, 0) is 38.3 Å². The molecule has 1 unspecified atom stereocenters. The van der Waals surface area contributed by atoms with Crippen LogP contribution in [0, 0.1) is 19.8 Å². The molecule has 0 aliphatic carbocycles. The molecule has 2 aromatic heterocycles. The zero-order valence-corrected chi connectivity index (χ0v) is 13.7. The summed E-state index contributed by atoms with van der Waals surface area (Å²) in [5, 5.41) is 4.07. The van der Waals surface area contributed by atoms with E-state index in [0.717, 1.165) is 17.1 Å². The van der Waals surface area contributed by atoms with E-state index in [0.29, 0.717) is 11.5 Å². The predicted octanol–water partition coefficient (Wildman–Crippen LogP) is 3.67. The molecule has 0 spiro atoms. The van der Waals surface area contributed by atoms with Crippen LogP contribution in [0.3, 0.4) is 0 Å². The summed E-state index contributed by atoms with van der Waals surface area (Å²) in [6, 6.07) is 3.49. The van der Waals surface area contributed by atoms with Crippen molar-refractivity contribution in [1.29, 1.82) is 0 Å². The monoisotopic (exact) mass is 303 g/mol. The Balaban J connectivity index is 2.19. The average Bonchev–Trinajstić information content (AvgIpc) is 2.78. The minimum absolute atomic E-state index is 0.0462. The molecule has 1 N–H and O–H groups in total. The number of aromatic nitrogens is 2. The number of rotatable bonds is 5. The Bertz CT molecular complexity index is 588. The fraction of sp³-hybridized carbons (Fsp3) is 0.438. The zero-order chi connectivity index (χ0) is 15.4. The molecule has 0 saturated heterocycles. The molecule has 0 saturated carbocycles. The lowest BCUT2D eigenvalue weighted by molar-refractivity contribution is 0.0931. The van der Waals surface area contributed by atoms with Crippen molar-refractivity contribution in [3.8, 4) is 0 Å². The average molecular weight is 303 g/mol. The third kappa shape index (κ3) is 4.11. The highest BCUT2D eigenvalue weighted by Crippen LogP contribution is 2.27. The van der Waals surface area contributed by atoms with E-state index < -0.39 is 0 Å². The van der Waals surface area contributed by atoms with Gasteiger partial charge in [0.25, 0.3) is 5.91 Å². The number of pyridine rings is 1. The van der Waals surface area contributed by atoms with Gasteiger partial charge in [-0.2, -0.15) is 0 Å². The second-order valence-corrected chi connectivity index (χ2v) is 6.83. The lowest BCUT2D eigenvalue weighted by atomic mass is 10.0. The van der Waals surface area contributed by atoms with Crippen LogP contribution in [0.5, 0.6) is 0 Å². The van der Waals surface area contributed by atoms with Crippen LogP contribution in [0.1, 0.15) is 52.2 Å². The van der Waals surface area contributed by atoms with Gasteiger partial charge in [0, 0.05) is 17.3 Å². The summed E-state index contributed by atoms with van der Waals surface area (Å²) in [5.41, 5.74) is 1.62. The minimum Gasteiger partial charge on any atom is -0.343 e. The number of hydrogen-bond donors (Lipinski definition) is 1. The van der Waals surface area contributed by atoms with Crippen molar-refractivity contribution in [2.75, 3.05) is 0 Å². The van der Waals surface area contributed by atoms with Gasteiger partial charge in [-0.25, -0.2) is 4.98 Å². The van der Waals surface area contributed by atoms with Crippen LogP contribution in [-0.4, -0.2) is 15.9 Å². The fourth-order valence-electron chi connectivity index (χ4n) is 2.08. The van der Waals surface area contributed by atoms with Gasteiger partial charge >= 0.3 is 0 Å². The van der Waals surface area contributed by atoms with Crippen molar-refractivity contribution in [2.45, 2.75) is 40.2 Å². The van der Waals surface area contributed by atoms with E-state index in [-0.39, 0.29) is 11.9 Å². The topological polar surface area (TPSA) is 54.9 Å². The summed E-state index contributed by atoms with van der Waals surface area (Å²) in [5.74, 6) is 0.382. The Morgan fingerprint density at radius 3 is 2.67 bits per heavy atom. The Morgan fingerprint density at radius 2 is 2.14 bits per heavy atom. The maximum Gasteiger partial charge on any atom is 0.253 e. The van der Waals surface area contributed by atoms with Crippen LogP contribution < -0.4 is 5.32 Å². The molecule has 1 atom stereocenters. The highest BCUT2D eigenvalue weighted by molar-refractivity contribution is 7.11. The van der Waals surface area contributed by atoms with E-state index >= 15 is 0 Å². The lowest BCUT2D eigenvalue weighted by Gasteiger charge is -2.18. The van der Waals surface area contributed by atoms with E-state index in [2.05, 4.69) is 36.1 Å². The first-order chi connectivity index (χ1) is 9.97. The summed E-state index contributed by atoms with van der Waals surface area (Å²) in [6.07, 6.45) is 4.12. The van der Waals surface area contributed by atoms with Crippen LogP contribution in [-0.2, 0) is 0 Å². The quantitative estimate of drug-likeness (QED) is 0.917. The van der Waals surface area contributed by atoms with E-state index in [9.17, 15) is 4.79 Å². The van der Waals surface area contributed by atoms with Gasteiger partial charge in [0.2, 0.25) is 0 Å². The molecule has 2 rings (SSSR count). The zero-order valence-electron chi connectivity index (χ0n) is 12.9. The van der Waals surface area contributed by atoms with Crippen molar-refractivity contribution in [1.82, 2.24) is 15.3 Å². The highest BCUT2D eigenvalue weighted by atomic mass is 32.1. The number of carbonyl (C=O) groups is 1. The second-order valence-electron chi connectivity index (χ2n) is 5.59. The first kappa shape index (κ1) is 15.6. The van der Waals surface area contributed by atoms with E-state index in [1.54, 1.807) is 35.9 Å². The standard InChI is InChI=1S/C16H21N3OS/c1-10(2)8-14(16-18-11(3)12(4)21-16)19-15(20)13-6-5-7-17-9-13/h5-7,9-10,14H,8H2,1-4H3,(H,19,20). The Hall–Kier alpha value is -1.75. The van der Waals surface area contributed by atoms with Crippen molar-refractivity contribution < 1.29 is 4.79 Å². The molecule has 0 bridgehead atoms. The van der Waals surface area contributed by atoms with Crippen molar-refractivity contribution >= 4 is 17.2 Å². The molecule has 1 amide bonds. The number of amides is 1. The van der Waals surface area contributed by atoms with Gasteiger partial charge in [-0.15, -0.1) is 11.3 Å². The predicted molar refractivity (Wildman–Crippen MR) is 85.5 cm³/mol. The summed E-state index contributed by atoms with van der Waals surface area (Å²) in [4.78, 5) is 22.1. The summed E-state index contributed by atoms with van der Waals surface area (Å²) >= 11 is 1.66. The summed E-state index contributed by atoms with van der Waals surface area (Å²) in [7, 11) is 0. The Kier molecular flexibility index (Phi) is 5.07. The number of nitrogens with zero attached hydrogens (tertiary/aromatic N) is 2. The third-order valence-corrected chi connectivity index (χ3v) is 4.47. The molecule has 5 heteroatoms. The van der Waals surface area contributed by atoms with Crippen LogP contribution >= 0.6 is 11.3 Å². The van der Waals surface area contributed by atoms with Crippen LogP contribution in [0.2, 0.25) is 0 Å². The number of hydrogen-bond acceptors (Lipinski definition) is 4. The van der Waals surface area contributed by atoms with Gasteiger partial charge in [0.1, 0.15) is 5.01 Å². The van der Waals surface area contributed by atoms with Crippen molar-refractivity contribution in [3.05, 3.63) is 45.7 Å². The highest BCUT2D eigenvalue weighted by Gasteiger charge is 2.21. The minimum atomic E-state index is -0.0979. The van der Waals surface area contributed by atoms with Crippen LogP contribution in [0.15, 0.2) is 24.5 Å². The first-order valence-electron chi connectivity index (χ1n) is 7.12. The number of nitrogens with one attached hydrogen (secondary N) is 1. The Morgan fingerprint density at radius 1 is 1.38 bits per heavy atom. The molecule has 0 aliphatic heterocycles. The van der Waals surface area contributed by atoms with E-state index in [4.69, 9.17) is 0 Å². The van der Waals surface area contributed by atoms with Gasteiger partial charge in [0.15, 0.2) is 0 Å². The van der Waals surface area contributed by atoms with Gasteiger partial charge in [-0.3, -0.25) is 9.78 Å². The maximum atomic E-state index is 12.3. The van der Waals surface area contributed by atoms with Crippen molar-refractivity contribution in [2.24, 2.45) is 5.92 Å². The first-order valence-corrected chi connectivity index (χ1v) is 7.94. The maximum absolute atomic E-state index is 12.3. The molecule has 112 valence electrons. The van der Waals surface area contributed by atoms with Crippen molar-refractivity contribution in [3.63, 3.8) is 0 Å². The third-order valence-electron chi connectivity index (χ3n) is 3.28. The number of carbonyl (C=O) groups excluding carboxylic acids is 1. The molecule has 0 radical (unpaired) electrons. The summed E-state index contributed by atoms with van der Waals surface area (Å²) in [6.45, 7) is 8.36. The SMILES string of the molecule is Cc1nc(C(CC(C)C)NC(=O)c2cccnc2)sc1C. The molecule has 0 aliphatic rings. The van der Waals surface area contributed by atoms with Gasteiger partial charge in [-0.1, -0.05) is 13.8 Å². The van der Waals surface area contributed by atoms with E-state index in [1.807, 2.05) is 6.92 Å². The number of aryl methyl sites for hydroxylation is 2. The molecule has 2 heterocycles. The number of thiazole rings is 1. The summed E-state index contributed by atoms with van der Waals surface area (Å²) < 4.78 is 0. The molecule has 0 aromatic carbocycles. The van der Waals surface area contributed by atoms with Crippen LogP contribution in [0.4, 0.5) is 0 Å². The fourth-order valence-corrected chi connectivity index (χ4v) is 3.07.